The molecule has 0 heterocycles. The number of aliphatic hydroxyl groups excluding tert-OH is 1. The number of amides is 2. The quantitative estimate of drug-likeness (QED) is 0.799. The first-order chi connectivity index (χ1) is 11.6. The first-order valence-corrected chi connectivity index (χ1v) is 8.78. The van der Waals surface area contributed by atoms with Gasteiger partial charge in [-0.3, -0.25) is 9.59 Å². The summed E-state index contributed by atoms with van der Waals surface area (Å²) in [5, 5.41) is 12.2. The molecule has 1 aromatic rings. The topological polar surface area (TPSA) is 69.6 Å². The van der Waals surface area contributed by atoms with Crippen LogP contribution in [0.1, 0.15) is 38.2 Å². The van der Waals surface area contributed by atoms with Gasteiger partial charge in [0.2, 0.25) is 11.8 Å². The second-order valence-electron chi connectivity index (χ2n) is 6.64. The Balaban J connectivity index is 1.77. The van der Waals surface area contributed by atoms with Gasteiger partial charge in [-0.15, -0.1) is 0 Å². The third-order valence-electron chi connectivity index (χ3n) is 4.76. The molecule has 1 fully saturated rings. The van der Waals surface area contributed by atoms with E-state index in [2.05, 4.69) is 5.32 Å². The van der Waals surface area contributed by atoms with Gasteiger partial charge in [0.15, 0.2) is 0 Å². The van der Waals surface area contributed by atoms with Crippen LogP contribution in [0.15, 0.2) is 30.3 Å². The van der Waals surface area contributed by atoms with E-state index in [1.54, 1.807) is 4.90 Å². The molecule has 0 aliphatic heterocycles. The van der Waals surface area contributed by atoms with E-state index in [1.807, 2.05) is 30.3 Å². The molecule has 1 saturated carbocycles. The molecule has 0 saturated heterocycles. The van der Waals surface area contributed by atoms with Crippen LogP contribution in [0.4, 0.5) is 0 Å². The fraction of sp³-hybridized carbons (Fsp3) is 0.579. The zero-order valence-corrected chi connectivity index (χ0v) is 14.4. The lowest BCUT2D eigenvalue weighted by Gasteiger charge is -2.29. The summed E-state index contributed by atoms with van der Waals surface area (Å²) in [5.74, 6) is 0.202. The maximum absolute atomic E-state index is 12.2. The van der Waals surface area contributed by atoms with Crippen LogP contribution in [-0.2, 0) is 16.0 Å². The Morgan fingerprint density at radius 2 is 1.83 bits per heavy atom. The SMILES string of the molecule is CC(=O)N(CCc1ccccc1)CC(=O)NC1CCC(CO)CC1. The summed E-state index contributed by atoms with van der Waals surface area (Å²) < 4.78 is 0. The number of hydrogen-bond acceptors (Lipinski definition) is 3. The maximum Gasteiger partial charge on any atom is 0.239 e. The first-order valence-electron chi connectivity index (χ1n) is 8.78. The van der Waals surface area contributed by atoms with Crippen LogP contribution < -0.4 is 5.32 Å². The Morgan fingerprint density at radius 3 is 2.42 bits per heavy atom. The van der Waals surface area contributed by atoms with Crippen molar-refractivity contribution >= 4 is 11.8 Å². The van der Waals surface area contributed by atoms with Gasteiger partial charge in [0.1, 0.15) is 0 Å². The van der Waals surface area contributed by atoms with Crippen LogP contribution in [0.5, 0.6) is 0 Å². The van der Waals surface area contributed by atoms with Crippen molar-refractivity contribution in [3.63, 3.8) is 0 Å². The lowest BCUT2D eigenvalue weighted by Crippen LogP contribution is -2.45. The van der Waals surface area contributed by atoms with Gasteiger partial charge in [-0.2, -0.15) is 0 Å². The van der Waals surface area contributed by atoms with E-state index in [9.17, 15) is 9.59 Å². The minimum Gasteiger partial charge on any atom is -0.396 e. The Hall–Kier alpha value is -1.88. The number of hydrogen-bond donors (Lipinski definition) is 2. The van der Waals surface area contributed by atoms with Gasteiger partial charge >= 0.3 is 0 Å². The van der Waals surface area contributed by atoms with E-state index in [4.69, 9.17) is 5.11 Å². The normalized spacial score (nSPS) is 20.4. The van der Waals surface area contributed by atoms with Crippen molar-refractivity contribution in [1.82, 2.24) is 10.2 Å². The molecule has 5 heteroatoms. The van der Waals surface area contributed by atoms with Crippen molar-refractivity contribution in [3.8, 4) is 0 Å². The van der Waals surface area contributed by atoms with Crippen LogP contribution >= 0.6 is 0 Å². The molecular formula is C19H28N2O3. The second kappa shape index (κ2) is 9.42. The molecule has 0 bridgehead atoms. The standard InChI is InChI=1S/C19H28N2O3/c1-15(23)21(12-11-16-5-3-2-4-6-16)13-19(24)20-18-9-7-17(14-22)8-10-18/h2-6,17-18,22H,7-14H2,1H3,(H,20,24). The lowest BCUT2D eigenvalue weighted by atomic mass is 9.86. The lowest BCUT2D eigenvalue weighted by molar-refractivity contribution is -0.134. The van der Waals surface area contributed by atoms with Crippen molar-refractivity contribution in [3.05, 3.63) is 35.9 Å². The average Bonchev–Trinajstić information content (AvgIpc) is 2.60. The highest BCUT2D eigenvalue weighted by Gasteiger charge is 2.23. The fourth-order valence-electron chi connectivity index (χ4n) is 3.19. The minimum atomic E-state index is -0.0919. The Morgan fingerprint density at radius 1 is 1.17 bits per heavy atom. The third-order valence-corrected chi connectivity index (χ3v) is 4.76. The molecule has 1 aliphatic rings. The zero-order chi connectivity index (χ0) is 17.4. The van der Waals surface area contributed by atoms with Gasteiger partial charge in [0.05, 0.1) is 6.54 Å². The Bertz CT molecular complexity index is 525. The van der Waals surface area contributed by atoms with Crippen molar-refractivity contribution < 1.29 is 14.7 Å². The molecule has 0 aromatic heterocycles. The molecule has 2 rings (SSSR count). The number of rotatable bonds is 7. The van der Waals surface area contributed by atoms with E-state index in [0.29, 0.717) is 12.5 Å². The number of benzene rings is 1. The number of carbonyl (C=O) groups is 2. The predicted octanol–water partition coefficient (Wildman–Crippen LogP) is 1.74. The van der Waals surface area contributed by atoms with E-state index in [1.165, 1.54) is 6.92 Å². The highest BCUT2D eigenvalue weighted by Crippen LogP contribution is 2.23. The summed E-state index contributed by atoms with van der Waals surface area (Å²) in [7, 11) is 0. The van der Waals surface area contributed by atoms with Gasteiger partial charge in [-0.05, 0) is 43.6 Å². The molecule has 5 nitrogen and oxygen atoms in total. The summed E-state index contributed by atoms with van der Waals surface area (Å²) in [4.78, 5) is 25.6. The van der Waals surface area contributed by atoms with Crippen LogP contribution in [0, 0.1) is 5.92 Å². The monoisotopic (exact) mass is 332 g/mol. The molecule has 132 valence electrons. The molecule has 2 amide bonds. The van der Waals surface area contributed by atoms with E-state index in [-0.39, 0.29) is 31.0 Å². The molecule has 0 atom stereocenters. The average molecular weight is 332 g/mol. The molecule has 2 N–H and O–H groups in total. The predicted molar refractivity (Wildman–Crippen MR) is 93.4 cm³/mol. The number of carbonyl (C=O) groups excluding carboxylic acids is 2. The second-order valence-corrected chi connectivity index (χ2v) is 6.64. The molecule has 0 radical (unpaired) electrons. The van der Waals surface area contributed by atoms with Crippen LogP contribution in [-0.4, -0.2) is 47.6 Å². The van der Waals surface area contributed by atoms with E-state index >= 15 is 0 Å². The van der Waals surface area contributed by atoms with E-state index < -0.39 is 0 Å². The van der Waals surface area contributed by atoms with Crippen molar-refractivity contribution in [2.75, 3.05) is 19.7 Å². The van der Waals surface area contributed by atoms with Gasteiger partial charge in [0.25, 0.3) is 0 Å². The molecule has 0 unspecified atom stereocenters. The summed E-state index contributed by atoms with van der Waals surface area (Å²) in [6, 6.07) is 10.1. The van der Waals surface area contributed by atoms with Gasteiger partial charge < -0.3 is 15.3 Å². The van der Waals surface area contributed by atoms with Crippen LogP contribution in [0.25, 0.3) is 0 Å². The third kappa shape index (κ3) is 5.96. The number of aliphatic hydroxyl groups is 1. The van der Waals surface area contributed by atoms with Gasteiger partial charge in [-0.1, -0.05) is 30.3 Å². The van der Waals surface area contributed by atoms with Crippen molar-refractivity contribution in [2.24, 2.45) is 5.92 Å². The van der Waals surface area contributed by atoms with Crippen molar-refractivity contribution in [1.29, 1.82) is 0 Å². The Kier molecular flexibility index (Phi) is 7.25. The highest BCUT2D eigenvalue weighted by atomic mass is 16.3. The fourth-order valence-corrected chi connectivity index (χ4v) is 3.19. The summed E-state index contributed by atoms with van der Waals surface area (Å²) >= 11 is 0. The number of nitrogens with zero attached hydrogens (tertiary/aromatic N) is 1. The van der Waals surface area contributed by atoms with Crippen LogP contribution in [0.3, 0.4) is 0 Å². The summed E-state index contributed by atoms with van der Waals surface area (Å²) in [5.41, 5.74) is 1.16. The maximum atomic E-state index is 12.2. The van der Waals surface area contributed by atoms with Crippen molar-refractivity contribution in [2.45, 2.75) is 45.1 Å². The molecule has 24 heavy (non-hydrogen) atoms. The zero-order valence-electron chi connectivity index (χ0n) is 14.4. The molecular weight excluding hydrogens is 304 g/mol. The van der Waals surface area contributed by atoms with E-state index in [0.717, 1.165) is 37.7 Å². The molecule has 1 aliphatic carbocycles. The molecule has 1 aromatic carbocycles. The highest BCUT2D eigenvalue weighted by molar-refractivity contribution is 5.83. The van der Waals surface area contributed by atoms with Gasteiger partial charge in [0, 0.05) is 26.1 Å². The summed E-state index contributed by atoms with van der Waals surface area (Å²) in [6.45, 7) is 2.40. The molecule has 0 spiro atoms. The Labute approximate surface area is 144 Å². The van der Waals surface area contributed by atoms with Crippen LogP contribution in [0.2, 0.25) is 0 Å². The smallest absolute Gasteiger partial charge is 0.239 e. The number of nitrogens with one attached hydrogen (secondary N) is 1. The minimum absolute atomic E-state index is 0.0786. The first kappa shape index (κ1) is 18.5. The largest absolute Gasteiger partial charge is 0.396 e. The van der Waals surface area contributed by atoms with Gasteiger partial charge in [-0.25, -0.2) is 0 Å². The summed E-state index contributed by atoms with van der Waals surface area (Å²) in [6.07, 6.45) is 4.45.